The Hall–Kier alpha value is -2.24. The minimum atomic E-state index is 0.403. The molecule has 0 aliphatic heterocycles. The molecule has 0 amide bonds. The van der Waals surface area contributed by atoms with E-state index in [4.69, 9.17) is 5.73 Å². The Kier molecular flexibility index (Phi) is 2.90. The molecular formula is C10H12N6. The average molecular weight is 216 g/mol. The molecule has 3 N–H and O–H groups in total. The van der Waals surface area contributed by atoms with Crippen LogP contribution in [0.5, 0.6) is 0 Å². The van der Waals surface area contributed by atoms with Crippen LogP contribution in [0.25, 0.3) is 0 Å². The molecule has 0 aliphatic carbocycles. The molecule has 0 aliphatic rings. The molecule has 0 saturated heterocycles. The average Bonchev–Trinajstić information content (AvgIpc) is 2.30. The van der Waals surface area contributed by atoms with Crippen LogP contribution in [0.1, 0.15) is 11.4 Å². The number of hydrogen-bond donors (Lipinski definition) is 2. The van der Waals surface area contributed by atoms with Crippen LogP contribution in [0.4, 0.5) is 11.6 Å². The maximum atomic E-state index is 5.43. The zero-order chi connectivity index (χ0) is 11.4. The molecule has 2 aromatic heterocycles. The van der Waals surface area contributed by atoms with E-state index in [1.54, 1.807) is 24.5 Å². The molecule has 0 saturated carbocycles. The summed E-state index contributed by atoms with van der Waals surface area (Å²) in [5, 5.41) is 10.7. The number of rotatable bonds is 3. The second-order valence-corrected chi connectivity index (χ2v) is 3.35. The van der Waals surface area contributed by atoms with Gasteiger partial charge < -0.3 is 11.1 Å². The second-order valence-electron chi connectivity index (χ2n) is 3.35. The first-order valence-corrected chi connectivity index (χ1v) is 4.84. The third-order valence-electron chi connectivity index (χ3n) is 1.97. The van der Waals surface area contributed by atoms with Gasteiger partial charge in [-0.15, -0.1) is 10.2 Å². The van der Waals surface area contributed by atoms with Gasteiger partial charge in [0.25, 0.3) is 0 Å². The smallest absolute Gasteiger partial charge is 0.149 e. The fraction of sp³-hybridized carbons (Fsp3) is 0.200. The summed E-state index contributed by atoms with van der Waals surface area (Å²) in [6, 6.07) is 3.46. The molecular weight excluding hydrogens is 204 g/mol. The molecule has 0 fully saturated rings. The first-order chi connectivity index (χ1) is 7.74. The Labute approximate surface area is 93.0 Å². The second kappa shape index (κ2) is 4.52. The van der Waals surface area contributed by atoms with Gasteiger partial charge in [-0.05, 0) is 19.1 Å². The van der Waals surface area contributed by atoms with E-state index in [1.165, 1.54) is 0 Å². The van der Waals surface area contributed by atoms with Crippen LogP contribution in [0.15, 0.2) is 24.5 Å². The Bertz CT molecular complexity index is 404. The van der Waals surface area contributed by atoms with Crippen LogP contribution in [0.3, 0.4) is 0 Å². The highest BCUT2D eigenvalue weighted by atomic mass is 15.2. The lowest BCUT2D eigenvalue weighted by Crippen LogP contribution is -2.05. The van der Waals surface area contributed by atoms with Crippen molar-refractivity contribution in [1.82, 2.24) is 20.2 Å². The van der Waals surface area contributed by atoms with E-state index in [2.05, 4.69) is 25.5 Å². The minimum absolute atomic E-state index is 0.403. The summed E-state index contributed by atoms with van der Waals surface area (Å²) >= 11 is 0. The first kappa shape index (κ1) is 10.3. The van der Waals surface area contributed by atoms with Gasteiger partial charge in [0.2, 0.25) is 0 Å². The van der Waals surface area contributed by atoms with E-state index in [9.17, 15) is 0 Å². The summed E-state index contributed by atoms with van der Waals surface area (Å²) in [5.41, 5.74) is 7.18. The highest BCUT2D eigenvalue weighted by molar-refractivity contribution is 5.38. The Balaban J connectivity index is 1.97. The Morgan fingerprint density at radius 1 is 1.19 bits per heavy atom. The van der Waals surface area contributed by atoms with Crippen LogP contribution >= 0.6 is 0 Å². The Morgan fingerprint density at radius 3 is 2.69 bits per heavy atom. The number of aromatic nitrogens is 4. The van der Waals surface area contributed by atoms with Crippen LogP contribution in [0.2, 0.25) is 0 Å². The number of hydrogen-bond acceptors (Lipinski definition) is 6. The van der Waals surface area contributed by atoms with Gasteiger partial charge in [-0.3, -0.25) is 9.97 Å². The summed E-state index contributed by atoms with van der Waals surface area (Å²) in [7, 11) is 0. The van der Waals surface area contributed by atoms with Gasteiger partial charge in [-0.2, -0.15) is 0 Å². The third kappa shape index (κ3) is 2.63. The Morgan fingerprint density at radius 2 is 2.06 bits per heavy atom. The summed E-state index contributed by atoms with van der Waals surface area (Å²) in [6.45, 7) is 2.46. The molecule has 2 heterocycles. The van der Waals surface area contributed by atoms with Gasteiger partial charge in [0.05, 0.1) is 24.1 Å². The largest absolute Gasteiger partial charge is 0.382 e. The van der Waals surface area contributed by atoms with Crippen molar-refractivity contribution in [3.8, 4) is 0 Å². The van der Waals surface area contributed by atoms with Crippen LogP contribution in [-0.4, -0.2) is 20.2 Å². The molecule has 0 aromatic carbocycles. The van der Waals surface area contributed by atoms with Gasteiger partial charge in [-0.25, -0.2) is 0 Å². The summed E-state index contributed by atoms with van der Waals surface area (Å²) in [5.74, 6) is 1.07. The van der Waals surface area contributed by atoms with E-state index in [-0.39, 0.29) is 0 Å². The van der Waals surface area contributed by atoms with Gasteiger partial charge in [0.15, 0.2) is 0 Å². The number of aryl methyl sites for hydroxylation is 1. The fourth-order valence-corrected chi connectivity index (χ4v) is 1.13. The predicted octanol–water partition coefficient (Wildman–Crippen LogP) is 0.769. The van der Waals surface area contributed by atoms with Crippen LogP contribution in [0, 0.1) is 6.92 Å². The van der Waals surface area contributed by atoms with Crippen molar-refractivity contribution < 1.29 is 0 Å². The van der Waals surface area contributed by atoms with Crippen molar-refractivity contribution in [2.45, 2.75) is 13.5 Å². The molecule has 0 radical (unpaired) electrons. The van der Waals surface area contributed by atoms with E-state index in [0.29, 0.717) is 18.2 Å². The molecule has 16 heavy (non-hydrogen) atoms. The zero-order valence-electron chi connectivity index (χ0n) is 8.88. The first-order valence-electron chi connectivity index (χ1n) is 4.84. The lowest BCUT2D eigenvalue weighted by atomic mass is 10.4. The summed E-state index contributed by atoms with van der Waals surface area (Å²) < 4.78 is 0. The zero-order valence-corrected chi connectivity index (χ0v) is 8.88. The molecule has 0 atom stereocenters. The number of anilines is 2. The molecule has 2 rings (SSSR count). The highest BCUT2D eigenvalue weighted by Gasteiger charge is 1.97. The van der Waals surface area contributed by atoms with Crippen molar-refractivity contribution in [2.24, 2.45) is 0 Å². The van der Waals surface area contributed by atoms with E-state index < -0.39 is 0 Å². The van der Waals surface area contributed by atoms with Crippen LogP contribution in [-0.2, 0) is 6.54 Å². The summed E-state index contributed by atoms with van der Waals surface area (Å²) in [4.78, 5) is 8.36. The van der Waals surface area contributed by atoms with Crippen LogP contribution < -0.4 is 11.1 Å². The lowest BCUT2D eigenvalue weighted by molar-refractivity contribution is 0.956. The molecule has 6 heteroatoms. The number of nitrogen functional groups attached to an aromatic ring is 1. The lowest BCUT2D eigenvalue weighted by Gasteiger charge is -2.03. The number of nitrogens with one attached hydrogen (secondary N) is 1. The SMILES string of the molecule is Cc1cnc(CNc2ccc(N)nn2)cn1. The molecule has 82 valence electrons. The van der Waals surface area contributed by atoms with Gasteiger partial charge in [0.1, 0.15) is 11.6 Å². The van der Waals surface area contributed by atoms with Crippen molar-refractivity contribution in [1.29, 1.82) is 0 Å². The van der Waals surface area contributed by atoms with Crippen molar-refractivity contribution >= 4 is 11.6 Å². The molecule has 2 aromatic rings. The molecule has 0 spiro atoms. The number of nitrogens with zero attached hydrogens (tertiary/aromatic N) is 4. The van der Waals surface area contributed by atoms with E-state index in [1.807, 2.05) is 6.92 Å². The third-order valence-corrected chi connectivity index (χ3v) is 1.97. The predicted molar refractivity (Wildman–Crippen MR) is 60.5 cm³/mol. The molecule has 6 nitrogen and oxygen atoms in total. The van der Waals surface area contributed by atoms with Crippen molar-refractivity contribution in [3.63, 3.8) is 0 Å². The van der Waals surface area contributed by atoms with E-state index in [0.717, 1.165) is 11.4 Å². The van der Waals surface area contributed by atoms with E-state index >= 15 is 0 Å². The van der Waals surface area contributed by atoms with Gasteiger partial charge in [0, 0.05) is 6.20 Å². The molecule has 0 bridgehead atoms. The van der Waals surface area contributed by atoms with Crippen molar-refractivity contribution in [2.75, 3.05) is 11.1 Å². The van der Waals surface area contributed by atoms with Crippen molar-refractivity contribution in [3.05, 3.63) is 35.9 Å². The quantitative estimate of drug-likeness (QED) is 0.787. The highest BCUT2D eigenvalue weighted by Crippen LogP contribution is 2.04. The number of nitrogens with two attached hydrogens (primary N) is 1. The maximum Gasteiger partial charge on any atom is 0.149 e. The molecule has 0 unspecified atom stereocenters. The fourth-order valence-electron chi connectivity index (χ4n) is 1.13. The monoisotopic (exact) mass is 216 g/mol. The standard InChI is InChI=1S/C10H12N6/c1-7-4-13-8(5-12-7)6-14-10-3-2-9(11)15-16-10/h2-5H,6H2,1H3,(H2,11,15)(H,14,16). The normalized spacial score (nSPS) is 10.1. The minimum Gasteiger partial charge on any atom is -0.382 e. The maximum absolute atomic E-state index is 5.43. The van der Waals surface area contributed by atoms with Gasteiger partial charge >= 0.3 is 0 Å². The summed E-state index contributed by atoms with van der Waals surface area (Å²) in [6.07, 6.45) is 3.46. The topological polar surface area (TPSA) is 89.6 Å². The van der Waals surface area contributed by atoms with Gasteiger partial charge in [-0.1, -0.05) is 0 Å².